The zero-order chi connectivity index (χ0) is 14.7. The number of likely N-dealkylation sites (N-methyl/N-ethyl adjacent to an activating group) is 1. The first kappa shape index (κ1) is 18.4. The summed E-state index contributed by atoms with van der Waals surface area (Å²) >= 11 is 0. The number of nitrogens with one attached hydrogen (secondary N) is 1. The molecule has 0 aliphatic rings. The van der Waals surface area contributed by atoms with Crippen molar-refractivity contribution < 1.29 is 9.53 Å². The molecule has 0 radical (unpaired) electrons. The summed E-state index contributed by atoms with van der Waals surface area (Å²) in [5.74, 6) is -0.0982. The normalized spacial score (nSPS) is 14.4. The van der Waals surface area contributed by atoms with E-state index in [0.717, 1.165) is 45.4 Å². The molecule has 0 aliphatic carbocycles. The van der Waals surface area contributed by atoms with E-state index in [9.17, 15) is 4.79 Å². The van der Waals surface area contributed by atoms with Crippen LogP contribution in [-0.2, 0) is 9.53 Å². The molecule has 0 saturated carbocycles. The standard InChI is InChI=1S/C15H32N2O2/c1-6-11-15(7-2,14(18)19-10-5)16-12-13-17(8-3)9-4/h16H,6-13H2,1-5H3. The Hall–Kier alpha value is -0.610. The van der Waals surface area contributed by atoms with Gasteiger partial charge in [-0.3, -0.25) is 4.79 Å². The minimum Gasteiger partial charge on any atom is -0.465 e. The number of hydrogen-bond donors (Lipinski definition) is 1. The lowest BCUT2D eigenvalue weighted by Gasteiger charge is -2.32. The quantitative estimate of drug-likeness (QED) is 0.587. The monoisotopic (exact) mass is 272 g/mol. The molecule has 0 saturated heterocycles. The van der Waals surface area contributed by atoms with Gasteiger partial charge in [-0.1, -0.05) is 34.1 Å². The van der Waals surface area contributed by atoms with Crippen molar-refractivity contribution in [2.24, 2.45) is 0 Å². The van der Waals surface area contributed by atoms with E-state index in [4.69, 9.17) is 4.74 Å². The van der Waals surface area contributed by atoms with Gasteiger partial charge < -0.3 is 15.0 Å². The summed E-state index contributed by atoms with van der Waals surface area (Å²) in [6, 6.07) is 0. The second-order valence-electron chi connectivity index (χ2n) is 4.86. The Balaban J connectivity index is 4.53. The molecule has 1 atom stereocenters. The molecular formula is C15H32N2O2. The van der Waals surface area contributed by atoms with Crippen LogP contribution in [0.1, 0.15) is 53.9 Å². The van der Waals surface area contributed by atoms with Crippen LogP contribution in [0.25, 0.3) is 0 Å². The summed E-state index contributed by atoms with van der Waals surface area (Å²) in [6.07, 6.45) is 2.59. The van der Waals surface area contributed by atoms with E-state index in [1.807, 2.05) is 6.92 Å². The largest absolute Gasteiger partial charge is 0.465 e. The van der Waals surface area contributed by atoms with Gasteiger partial charge in [0.1, 0.15) is 5.54 Å². The molecule has 0 spiro atoms. The fourth-order valence-corrected chi connectivity index (χ4v) is 2.40. The van der Waals surface area contributed by atoms with Crippen LogP contribution in [0.2, 0.25) is 0 Å². The Bertz CT molecular complexity index is 242. The van der Waals surface area contributed by atoms with Crippen molar-refractivity contribution in [2.75, 3.05) is 32.8 Å². The van der Waals surface area contributed by atoms with Gasteiger partial charge in [0.05, 0.1) is 6.61 Å². The summed E-state index contributed by atoms with van der Waals surface area (Å²) in [6.45, 7) is 14.7. The van der Waals surface area contributed by atoms with Gasteiger partial charge in [0, 0.05) is 13.1 Å². The molecule has 0 rings (SSSR count). The predicted octanol–water partition coefficient (Wildman–Crippen LogP) is 2.43. The van der Waals surface area contributed by atoms with Gasteiger partial charge in [0.2, 0.25) is 0 Å². The van der Waals surface area contributed by atoms with E-state index < -0.39 is 5.54 Å². The topological polar surface area (TPSA) is 41.6 Å². The van der Waals surface area contributed by atoms with Gasteiger partial charge >= 0.3 is 5.97 Å². The van der Waals surface area contributed by atoms with Crippen molar-refractivity contribution in [3.8, 4) is 0 Å². The summed E-state index contributed by atoms with van der Waals surface area (Å²) < 4.78 is 5.25. The molecule has 0 aliphatic heterocycles. The van der Waals surface area contributed by atoms with Gasteiger partial charge in [0.25, 0.3) is 0 Å². The maximum Gasteiger partial charge on any atom is 0.326 e. The third-order valence-electron chi connectivity index (χ3n) is 3.73. The van der Waals surface area contributed by atoms with Gasteiger partial charge in [-0.25, -0.2) is 0 Å². The Kier molecular flexibility index (Phi) is 9.88. The zero-order valence-corrected chi connectivity index (χ0v) is 13.4. The average molecular weight is 272 g/mol. The van der Waals surface area contributed by atoms with Crippen LogP contribution >= 0.6 is 0 Å². The van der Waals surface area contributed by atoms with E-state index in [1.165, 1.54) is 0 Å². The molecular weight excluding hydrogens is 240 g/mol. The molecule has 114 valence electrons. The molecule has 4 nitrogen and oxygen atoms in total. The van der Waals surface area contributed by atoms with E-state index in [1.54, 1.807) is 0 Å². The molecule has 1 N–H and O–H groups in total. The highest BCUT2D eigenvalue weighted by Gasteiger charge is 2.36. The van der Waals surface area contributed by atoms with Crippen LogP contribution in [0, 0.1) is 0 Å². The predicted molar refractivity (Wildman–Crippen MR) is 80.4 cm³/mol. The van der Waals surface area contributed by atoms with Crippen LogP contribution in [0.3, 0.4) is 0 Å². The number of rotatable bonds is 11. The van der Waals surface area contributed by atoms with Crippen molar-refractivity contribution in [3.63, 3.8) is 0 Å². The second kappa shape index (κ2) is 10.2. The zero-order valence-electron chi connectivity index (χ0n) is 13.4. The molecule has 0 amide bonds. The summed E-state index contributed by atoms with van der Waals surface area (Å²) in [5, 5.41) is 3.45. The van der Waals surface area contributed by atoms with Crippen LogP contribution < -0.4 is 5.32 Å². The number of carbonyl (C=O) groups excluding carboxylic acids is 1. The van der Waals surface area contributed by atoms with Crippen LogP contribution in [0.4, 0.5) is 0 Å². The number of ether oxygens (including phenoxy) is 1. The molecule has 0 bridgehead atoms. The average Bonchev–Trinajstić information content (AvgIpc) is 2.42. The first-order chi connectivity index (χ1) is 9.10. The molecule has 0 fully saturated rings. The lowest BCUT2D eigenvalue weighted by molar-refractivity contribution is -0.152. The first-order valence-corrected chi connectivity index (χ1v) is 7.74. The van der Waals surface area contributed by atoms with Crippen molar-refractivity contribution in [3.05, 3.63) is 0 Å². The Morgan fingerprint density at radius 2 is 1.79 bits per heavy atom. The van der Waals surface area contributed by atoms with Gasteiger partial charge in [-0.05, 0) is 32.9 Å². The second-order valence-corrected chi connectivity index (χ2v) is 4.86. The fraction of sp³-hybridized carbons (Fsp3) is 0.933. The molecule has 19 heavy (non-hydrogen) atoms. The maximum absolute atomic E-state index is 12.2. The van der Waals surface area contributed by atoms with Gasteiger partial charge in [-0.15, -0.1) is 0 Å². The van der Waals surface area contributed by atoms with Crippen LogP contribution in [-0.4, -0.2) is 49.2 Å². The molecule has 0 heterocycles. The lowest BCUT2D eigenvalue weighted by Crippen LogP contribution is -2.54. The molecule has 4 heteroatoms. The van der Waals surface area contributed by atoms with E-state index in [0.29, 0.717) is 6.61 Å². The van der Waals surface area contributed by atoms with Gasteiger partial charge in [0.15, 0.2) is 0 Å². The third-order valence-corrected chi connectivity index (χ3v) is 3.73. The maximum atomic E-state index is 12.2. The summed E-state index contributed by atoms with van der Waals surface area (Å²) in [4.78, 5) is 14.6. The SMILES string of the molecule is CCCC(CC)(NCCN(CC)CC)C(=O)OCC. The number of hydrogen-bond acceptors (Lipinski definition) is 4. The van der Waals surface area contributed by atoms with Gasteiger partial charge in [-0.2, -0.15) is 0 Å². The van der Waals surface area contributed by atoms with Crippen molar-refractivity contribution in [2.45, 2.75) is 59.4 Å². The minimum atomic E-state index is -0.502. The molecule has 0 aromatic rings. The summed E-state index contributed by atoms with van der Waals surface area (Å²) in [5.41, 5.74) is -0.502. The van der Waals surface area contributed by atoms with E-state index >= 15 is 0 Å². The van der Waals surface area contributed by atoms with Crippen molar-refractivity contribution in [1.29, 1.82) is 0 Å². The van der Waals surface area contributed by atoms with Crippen LogP contribution in [0.15, 0.2) is 0 Å². The smallest absolute Gasteiger partial charge is 0.326 e. The minimum absolute atomic E-state index is 0.0982. The highest BCUT2D eigenvalue weighted by atomic mass is 16.5. The Morgan fingerprint density at radius 1 is 1.16 bits per heavy atom. The highest BCUT2D eigenvalue weighted by Crippen LogP contribution is 2.19. The first-order valence-electron chi connectivity index (χ1n) is 7.74. The number of nitrogens with zero attached hydrogens (tertiary/aromatic N) is 1. The highest BCUT2D eigenvalue weighted by molar-refractivity contribution is 5.80. The van der Waals surface area contributed by atoms with E-state index in [2.05, 4.69) is 37.9 Å². The van der Waals surface area contributed by atoms with Crippen molar-refractivity contribution >= 4 is 5.97 Å². The van der Waals surface area contributed by atoms with Crippen LogP contribution in [0.5, 0.6) is 0 Å². The molecule has 0 aromatic carbocycles. The number of carbonyl (C=O) groups is 1. The van der Waals surface area contributed by atoms with E-state index in [-0.39, 0.29) is 5.97 Å². The molecule has 1 unspecified atom stereocenters. The van der Waals surface area contributed by atoms with Crippen molar-refractivity contribution in [1.82, 2.24) is 10.2 Å². The lowest BCUT2D eigenvalue weighted by atomic mass is 9.90. The molecule has 0 aromatic heterocycles. The number of esters is 1. The fourth-order valence-electron chi connectivity index (χ4n) is 2.40. The Morgan fingerprint density at radius 3 is 2.21 bits per heavy atom. The Labute approximate surface area is 118 Å². The third kappa shape index (κ3) is 5.91. The summed E-state index contributed by atoms with van der Waals surface area (Å²) in [7, 11) is 0.